The standard InChI is InChI=1S/C40H23BN2S/c1-2-10-26-22-28(18-16-24(26)8-1)42-38-29-11-4-3-9-25(29)17-19-34(38)41-36-33(23-27-20-21-44-40(27)39(36)42)32-14-7-13-31-30-12-5-6-15-35(30)43(41)37(31)32/h1-23H. The predicted octanol–water partition coefficient (Wildman–Crippen LogP) is 9.73. The third-order valence-corrected chi connectivity index (χ3v) is 10.9. The van der Waals surface area contributed by atoms with Crippen molar-refractivity contribution in [2.75, 3.05) is 4.90 Å². The summed E-state index contributed by atoms with van der Waals surface area (Å²) in [5.41, 5.74) is 11.8. The van der Waals surface area contributed by atoms with Gasteiger partial charge in [-0.05, 0) is 73.7 Å². The van der Waals surface area contributed by atoms with Gasteiger partial charge in [0.2, 0.25) is 0 Å². The maximum absolute atomic E-state index is 2.65. The Labute approximate surface area is 258 Å². The highest BCUT2D eigenvalue weighted by Crippen LogP contribution is 2.50. The van der Waals surface area contributed by atoms with E-state index in [4.69, 9.17) is 0 Å². The van der Waals surface area contributed by atoms with Gasteiger partial charge < -0.3 is 9.38 Å². The van der Waals surface area contributed by atoms with E-state index in [-0.39, 0.29) is 6.85 Å². The number of hydrogen-bond donors (Lipinski definition) is 0. The SMILES string of the molecule is c1ccc2cc(N3c4c(ccc5ccccc45)B4c5c(cc6ccsc6c53)-c3cccc5c6ccccc6n4c35)ccc2c1. The van der Waals surface area contributed by atoms with Crippen LogP contribution in [0.2, 0.25) is 0 Å². The molecule has 4 heterocycles. The monoisotopic (exact) mass is 574 g/mol. The first-order valence-corrected chi connectivity index (χ1v) is 16.1. The van der Waals surface area contributed by atoms with E-state index in [1.54, 1.807) is 0 Å². The average molecular weight is 575 g/mol. The molecule has 0 bridgehead atoms. The summed E-state index contributed by atoms with van der Waals surface area (Å²) < 4.78 is 3.99. The predicted molar refractivity (Wildman–Crippen MR) is 190 cm³/mol. The highest BCUT2D eigenvalue weighted by Gasteiger charge is 2.44. The van der Waals surface area contributed by atoms with Crippen LogP contribution in [0, 0.1) is 0 Å². The summed E-state index contributed by atoms with van der Waals surface area (Å²) >= 11 is 1.86. The number of rotatable bonds is 1. The quantitative estimate of drug-likeness (QED) is 0.177. The fourth-order valence-corrected chi connectivity index (χ4v) is 9.15. The lowest BCUT2D eigenvalue weighted by molar-refractivity contribution is 1.28. The molecule has 9 aromatic rings. The largest absolute Gasteiger partial charge is 0.375 e. The fourth-order valence-electron chi connectivity index (χ4n) is 8.22. The van der Waals surface area contributed by atoms with Gasteiger partial charge in [0.05, 0.1) is 16.1 Å². The zero-order valence-corrected chi connectivity index (χ0v) is 24.5. The van der Waals surface area contributed by atoms with Crippen molar-refractivity contribution >= 4 is 99.6 Å². The highest BCUT2D eigenvalue weighted by atomic mass is 32.1. The zero-order valence-electron chi connectivity index (χ0n) is 23.7. The molecule has 44 heavy (non-hydrogen) atoms. The summed E-state index contributed by atoms with van der Waals surface area (Å²) in [5.74, 6) is 0. The van der Waals surface area contributed by atoms with Crippen LogP contribution < -0.4 is 15.8 Å². The van der Waals surface area contributed by atoms with Crippen molar-refractivity contribution in [3.8, 4) is 11.1 Å². The smallest absolute Gasteiger partial charge is 0.333 e. The number of aromatic nitrogens is 1. The van der Waals surface area contributed by atoms with Gasteiger partial charge in [-0.2, -0.15) is 0 Å². The lowest BCUT2D eigenvalue weighted by Gasteiger charge is -2.41. The molecule has 0 fully saturated rings. The van der Waals surface area contributed by atoms with E-state index in [0.717, 1.165) is 0 Å². The molecule has 2 aliphatic rings. The van der Waals surface area contributed by atoms with Crippen LogP contribution in [0.5, 0.6) is 0 Å². The zero-order chi connectivity index (χ0) is 28.5. The average Bonchev–Trinajstić information content (AvgIpc) is 3.69. The molecule has 0 spiro atoms. The van der Waals surface area contributed by atoms with Crippen molar-refractivity contribution in [1.29, 1.82) is 0 Å². The van der Waals surface area contributed by atoms with E-state index >= 15 is 0 Å². The molecule has 11 rings (SSSR count). The van der Waals surface area contributed by atoms with E-state index in [1.807, 2.05) is 11.3 Å². The van der Waals surface area contributed by atoms with Gasteiger partial charge in [0.1, 0.15) is 0 Å². The minimum atomic E-state index is 0.0557. The van der Waals surface area contributed by atoms with Gasteiger partial charge in [-0.1, -0.05) is 103 Å². The molecule has 2 nitrogen and oxygen atoms in total. The summed E-state index contributed by atoms with van der Waals surface area (Å²) in [6.07, 6.45) is 0. The van der Waals surface area contributed by atoms with Gasteiger partial charge >= 0.3 is 6.85 Å². The number of anilines is 3. The molecule has 4 heteroatoms. The molecule has 2 aliphatic heterocycles. The Kier molecular flexibility index (Phi) is 4.32. The molecule has 0 saturated heterocycles. The molecule has 0 N–H and O–H groups in total. The molecule has 0 amide bonds. The topological polar surface area (TPSA) is 8.17 Å². The van der Waals surface area contributed by atoms with Crippen LogP contribution in [0.3, 0.4) is 0 Å². The van der Waals surface area contributed by atoms with Crippen molar-refractivity contribution in [1.82, 2.24) is 4.48 Å². The van der Waals surface area contributed by atoms with Crippen LogP contribution in [0.25, 0.3) is 64.6 Å². The summed E-state index contributed by atoms with van der Waals surface area (Å²) in [6, 6.07) is 49.9. The Morgan fingerprint density at radius 3 is 2.23 bits per heavy atom. The number of nitrogens with zero attached hydrogens (tertiary/aromatic N) is 2. The van der Waals surface area contributed by atoms with Gasteiger partial charge in [0.15, 0.2) is 0 Å². The summed E-state index contributed by atoms with van der Waals surface area (Å²) in [4.78, 5) is 2.59. The van der Waals surface area contributed by atoms with Crippen LogP contribution in [0.1, 0.15) is 0 Å². The molecule has 202 valence electrons. The Balaban J connectivity index is 1.38. The van der Waals surface area contributed by atoms with Gasteiger partial charge in [0.25, 0.3) is 0 Å². The van der Waals surface area contributed by atoms with E-state index in [1.165, 1.54) is 92.6 Å². The van der Waals surface area contributed by atoms with Gasteiger partial charge in [0, 0.05) is 38.4 Å². The second-order valence-corrected chi connectivity index (χ2v) is 13.0. The first-order valence-electron chi connectivity index (χ1n) is 15.2. The summed E-state index contributed by atoms with van der Waals surface area (Å²) in [5, 5.41) is 11.3. The normalized spacial score (nSPS) is 13.4. The number of thiophene rings is 1. The third kappa shape index (κ3) is 2.78. The lowest BCUT2D eigenvalue weighted by Crippen LogP contribution is -2.56. The van der Waals surface area contributed by atoms with Crippen molar-refractivity contribution in [3.63, 3.8) is 0 Å². The molecule has 0 atom stereocenters. The Bertz CT molecular complexity index is 2700. The molecular weight excluding hydrogens is 551 g/mol. The van der Waals surface area contributed by atoms with Crippen molar-refractivity contribution < 1.29 is 0 Å². The van der Waals surface area contributed by atoms with E-state index in [2.05, 4.69) is 148 Å². The molecular formula is C40H23BN2S. The number of benzene rings is 7. The minimum Gasteiger partial charge on any atom is -0.375 e. The summed E-state index contributed by atoms with van der Waals surface area (Å²) in [7, 11) is 0. The third-order valence-electron chi connectivity index (χ3n) is 9.97. The van der Waals surface area contributed by atoms with Crippen LogP contribution >= 0.6 is 11.3 Å². The lowest BCUT2D eigenvalue weighted by atomic mass is 9.45. The van der Waals surface area contributed by atoms with Crippen LogP contribution in [-0.4, -0.2) is 11.3 Å². The van der Waals surface area contributed by atoms with E-state index < -0.39 is 0 Å². The van der Waals surface area contributed by atoms with E-state index in [0.29, 0.717) is 0 Å². The first-order chi connectivity index (χ1) is 21.8. The maximum Gasteiger partial charge on any atom is 0.333 e. The van der Waals surface area contributed by atoms with E-state index in [9.17, 15) is 0 Å². The molecule has 2 aromatic heterocycles. The van der Waals surface area contributed by atoms with Crippen molar-refractivity contribution in [2.24, 2.45) is 0 Å². The Morgan fingerprint density at radius 1 is 0.523 bits per heavy atom. The minimum absolute atomic E-state index is 0.0557. The van der Waals surface area contributed by atoms with Crippen LogP contribution in [-0.2, 0) is 0 Å². The second-order valence-electron chi connectivity index (χ2n) is 12.1. The number of fused-ring (bicyclic) bond motifs is 12. The molecule has 0 unspecified atom stereocenters. The summed E-state index contributed by atoms with van der Waals surface area (Å²) in [6.45, 7) is 0.0557. The van der Waals surface area contributed by atoms with Gasteiger partial charge in [-0.3, -0.25) is 0 Å². The molecule has 7 aromatic carbocycles. The second kappa shape index (κ2) is 8.19. The first kappa shape index (κ1) is 23.2. The van der Waals surface area contributed by atoms with Crippen LogP contribution in [0.15, 0.2) is 139 Å². The maximum atomic E-state index is 2.65. The van der Waals surface area contributed by atoms with Gasteiger partial charge in [-0.25, -0.2) is 0 Å². The van der Waals surface area contributed by atoms with Gasteiger partial charge in [-0.15, -0.1) is 11.3 Å². The number of para-hydroxylation sites is 2. The molecule has 0 aliphatic carbocycles. The van der Waals surface area contributed by atoms with Crippen molar-refractivity contribution in [3.05, 3.63) is 139 Å². The number of hydrogen-bond acceptors (Lipinski definition) is 2. The van der Waals surface area contributed by atoms with Crippen molar-refractivity contribution in [2.45, 2.75) is 0 Å². The Hall–Kier alpha value is -5.32. The fraction of sp³-hybridized carbons (Fsp3) is 0. The Morgan fingerprint density at radius 2 is 1.30 bits per heavy atom. The van der Waals surface area contributed by atoms with Crippen LogP contribution in [0.4, 0.5) is 17.1 Å². The highest BCUT2D eigenvalue weighted by molar-refractivity contribution is 7.18. The molecule has 0 saturated carbocycles. The molecule has 0 radical (unpaired) electrons.